The number of amides is 2. The Balaban J connectivity index is 1.98. The smallest absolute Gasteiger partial charge is 0.410 e. The summed E-state index contributed by atoms with van der Waals surface area (Å²) in [6.45, 7) is 5.68. The van der Waals surface area contributed by atoms with Crippen LogP contribution in [0.5, 0.6) is 0 Å². The van der Waals surface area contributed by atoms with Crippen molar-refractivity contribution in [2.45, 2.75) is 70.4 Å². The van der Waals surface area contributed by atoms with Crippen LogP contribution in [-0.2, 0) is 20.8 Å². The molecule has 0 saturated heterocycles. The fourth-order valence-electron chi connectivity index (χ4n) is 3.31. The Morgan fingerprint density at radius 2 is 1.86 bits per heavy atom. The zero-order chi connectivity index (χ0) is 20.7. The lowest BCUT2D eigenvalue weighted by molar-refractivity contribution is -0.00726. The van der Waals surface area contributed by atoms with Crippen molar-refractivity contribution in [3.8, 4) is 0 Å². The number of rotatable bonds is 5. The van der Waals surface area contributed by atoms with Gasteiger partial charge in [-0.25, -0.2) is 9.59 Å². The molecule has 3 atom stereocenters. The topological polar surface area (TPSA) is 77.1 Å². The largest absolute Gasteiger partial charge is 0.445 e. The van der Waals surface area contributed by atoms with Crippen LogP contribution in [0.25, 0.3) is 0 Å². The Morgan fingerprint density at radius 1 is 1.18 bits per heavy atom. The first-order valence-corrected chi connectivity index (χ1v) is 9.65. The summed E-state index contributed by atoms with van der Waals surface area (Å²) >= 11 is 0. The fourth-order valence-corrected chi connectivity index (χ4v) is 3.31. The molecule has 0 aromatic heterocycles. The highest BCUT2D eigenvalue weighted by Crippen LogP contribution is 2.26. The van der Waals surface area contributed by atoms with Crippen LogP contribution in [0.2, 0.25) is 0 Å². The molecule has 1 saturated carbocycles. The third kappa shape index (κ3) is 6.71. The molecular formula is C21H32N2O5. The first-order valence-electron chi connectivity index (χ1n) is 9.65. The van der Waals surface area contributed by atoms with Gasteiger partial charge in [0.2, 0.25) is 0 Å². The van der Waals surface area contributed by atoms with Gasteiger partial charge in [0, 0.05) is 14.2 Å². The lowest BCUT2D eigenvalue weighted by Crippen LogP contribution is -2.56. The molecule has 1 aliphatic carbocycles. The molecule has 28 heavy (non-hydrogen) atoms. The average Bonchev–Trinajstić information content (AvgIpc) is 2.65. The average molecular weight is 392 g/mol. The van der Waals surface area contributed by atoms with Gasteiger partial charge in [0.25, 0.3) is 0 Å². The van der Waals surface area contributed by atoms with Gasteiger partial charge in [-0.05, 0) is 45.6 Å². The van der Waals surface area contributed by atoms with Crippen molar-refractivity contribution in [3.05, 3.63) is 35.9 Å². The number of hydrogen-bond donors (Lipinski definition) is 1. The molecule has 1 aliphatic rings. The number of hydrogen-bond acceptors (Lipinski definition) is 5. The van der Waals surface area contributed by atoms with Crippen molar-refractivity contribution in [1.82, 2.24) is 10.2 Å². The second-order valence-corrected chi connectivity index (χ2v) is 8.14. The van der Waals surface area contributed by atoms with Gasteiger partial charge in [0.15, 0.2) is 0 Å². The summed E-state index contributed by atoms with van der Waals surface area (Å²) in [4.78, 5) is 26.4. The number of carbonyl (C=O) groups is 2. The molecule has 0 spiro atoms. The Kier molecular flexibility index (Phi) is 7.69. The molecule has 156 valence electrons. The molecule has 1 aromatic rings. The van der Waals surface area contributed by atoms with Crippen LogP contribution in [0.1, 0.15) is 45.6 Å². The van der Waals surface area contributed by atoms with Crippen LogP contribution in [0.15, 0.2) is 30.3 Å². The lowest BCUT2D eigenvalue weighted by Gasteiger charge is -2.40. The molecule has 2 amide bonds. The zero-order valence-corrected chi connectivity index (χ0v) is 17.4. The lowest BCUT2D eigenvalue weighted by atomic mass is 9.87. The highest BCUT2D eigenvalue weighted by molar-refractivity contribution is 5.70. The first-order chi connectivity index (χ1) is 13.2. The summed E-state index contributed by atoms with van der Waals surface area (Å²) in [5, 5.41) is 2.92. The maximum atomic E-state index is 12.5. The predicted octanol–water partition coefficient (Wildman–Crippen LogP) is 3.72. The molecule has 2 rings (SSSR count). The van der Waals surface area contributed by atoms with Crippen LogP contribution in [0.3, 0.4) is 0 Å². The molecule has 0 aliphatic heterocycles. The number of methoxy groups -OCH3 is 1. The summed E-state index contributed by atoms with van der Waals surface area (Å²) in [6.07, 6.45) is 1.24. The molecule has 0 radical (unpaired) electrons. The fraction of sp³-hybridized carbons (Fsp3) is 0.619. The summed E-state index contributed by atoms with van der Waals surface area (Å²) in [5.41, 5.74) is 0.334. The van der Waals surface area contributed by atoms with Crippen molar-refractivity contribution < 1.29 is 23.8 Å². The van der Waals surface area contributed by atoms with E-state index in [-0.39, 0.29) is 24.8 Å². The van der Waals surface area contributed by atoms with Crippen LogP contribution in [0, 0.1) is 0 Å². The first kappa shape index (κ1) is 22.0. The number of benzene rings is 1. The Labute approximate surface area is 167 Å². The van der Waals surface area contributed by atoms with E-state index < -0.39 is 17.8 Å². The van der Waals surface area contributed by atoms with Crippen LogP contribution < -0.4 is 5.32 Å². The van der Waals surface area contributed by atoms with E-state index in [1.807, 2.05) is 51.1 Å². The molecule has 0 heterocycles. The van der Waals surface area contributed by atoms with E-state index in [0.717, 1.165) is 12.0 Å². The Hall–Kier alpha value is -2.28. The summed E-state index contributed by atoms with van der Waals surface area (Å²) in [6, 6.07) is 9.04. The zero-order valence-electron chi connectivity index (χ0n) is 17.4. The Morgan fingerprint density at radius 3 is 2.46 bits per heavy atom. The van der Waals surface area contributed by atoms with Crippen molar-refractivity contribution in [2.75, 3.05) is 14.2 Å². The maximum absolute atomic E-state index is 12.5. The molecular weight excluding hydrogens is 360 g/mol. The van der Waals surface area contributed by atoms with Gasteiger partial charge in [-0.2, -0.15) is 0 Å². The standard InChI is InChI=1S/C21H32N2O5/c1-21(2,3)28-20(25)23(4)18-13-16(26-5)11-12-17(18)22-19(24)27-14-15-9-7-6-8-10-15/h6-10,16-18H,11-14H2,1-5H3,(H,22,24)/t16-,17+,18?/m1/s1. The maximum Gasteiger partial charge on any atom is 0.410 e. The van der Waals surface area contributed by atoms with Gasteiger partial charge in [-0.15, -0.1) is 0 Å². The number of ether oxygens (including phenoxy) is 3. The minimum Gasteiger partial charge on any atom is -0.445 e. The quantitative estimate of drug-likeness (QED) is 0.826. The number of nitrogens with one attached hydrogen (secondary N) is 1. The van der Waals surface area contributed by atoms with Gasteiger partial charge < -0.3 is 24.4 Å². The molecule has 1 unspecified atom stereocenters. The van der Waals surface area contributed by atoms with Gasteiger partial charge >= 0.3 is 12.2 Å². The molecule has 7 nitrogen and oxygen atoms in total. The molecule has 0 bridgehead atoms. The van der Waals surface area contributed by atoms with Crippen LogP contribution in [0.4, 0.5) is 9.59 Å². The van der Waals surface area contributed by atoms with E-state index in [2.05, 4.69) is 5.32 Å². The van der Waals surface area contributed by atoms with E-state index >= 15 is 0 Å². The van der Waals surface area contributed by atoms with E-state index in [1.54, 1.807) is 19.1 Å². The third-order valence-corrected chi connectivity index (χ3v) is 4.80. The molecule has 1 fully saturated rings. The highest BCUT2D eigenvalue weighted by Gasteiger charge is 2.37. The number of alkyl carbamates (subject to hydrolysis) is 1. The van der Waals surface area contributed by atoms with Crippen LogP contribution in [-0.4, -0.2) is 55.0 Å². The summed E-state index contributed by atoms with van der Waals surface area (Å²) < 4.78 is 16.3. The number of likely N-dealkylation sites (N-methyl/N-ethyl adjacent to an activating group) is 1. The minimum atomic E-state index is -0.585. The molecule has 7 heteroatoms. The molecule has 1 aromatic carbocycles. The van der Waals surface area contributed by atoms with Gasteiger partial charge in [-0.1, -0.05) is 30.3 Å². The summed E-state index contributed by atoms with van der Waals surface area (Å²) in [5.74, 6) is 0. The van der Waals surface area contributed by atoms with Crippen molar-refractivity contribution in [3.63, 3.8) is 0 Å². The second-order valence-electron chi connectivity index (χ2n) is 8.14. The van der Waals surface area contributed by atoms with Gasteiger partial charge in [0.05, 0.1) is 18.2 Å². The second kappa shape index (κ2) is 9.78. The van der Waals surface area contributed by atoms with E-state index in [4.69, 9.17) is 14.2 Å². The van der Waals surface area contributed by atoms with Gasteiger partial charge in [0.1, 0.15) is 12.2 Å². The van der Waals surface area contributed by atoms with E-state index in [1.165, 1.54) is 0 Å². The predicted molar refractivity (Wildman–Crippen MR) is 106 cm³/mol. The van der Waals surface area contributed by atoms with Crippen molar-refractivity contribution >= 4 is 12.2 Å². The van der Waals surface area contributed by atoms with Crippen molar-refractivity contribution in [2.24, 2.45) is 0 Å². The number of carbonyl (C=O) groups excluding carboxylic acids is 2. The third-order valence-electron chi connectivity index (χ3n) is 4.80. The normalized spacial score (nSPS) is 22.2. The van der Waals surface area contributed by atoms with Gasteiger partial charge in [-0.3, -0.25) is 0 Å². The van der Waals surface area contributed by atoms with E-state index in [9.17, 15) is 9.59 Å². The minimum absolute atomic E-state index is 0.0354. The molecule has 1 N–H and O–H groups in total. The van der Waals surface area contributed by atoms with Crippen LogP contribution >= 0.6 is 0 Å². The van der Waals surface area contributed by atoms with E-state index in [0.29, 0.717) is 12.8 Å². The highest BCUT2D eigenvalue weighted by atomic mass is 16.6. The summed E-state index contributed by atoms with van der Waals surface area (Å²) in [7, 11) is 3.36. The number of nitrogens with zero attached hydrogens (tertiary/aromatic N) is 1. The van der Waals surface area contributed by atoms with Crippen molar-refractivity contribution in [1.29, 1.82) is 0 Å². The SMILES string of the molecule is CO[C@@H]1CC[C@H](NC(=O)OCc2ccccc2)C(N(C)C(=O)OC(C)(C)C)C1. The monoisotopic (exact) mass is 392 g/mol. The Bertz CT molecular complexity index is 644.